The maximum atomic E-state index is 12.1. The number of nitrogens with one attached hydrogen (secondary N) is 2. The Hall–Kier alpha value is -1.93. The van der Waals surface area contributed by atoms with E-state index in [9.17, 15) is 10.0 Å². The lowest BCUT2D eigenvalue weighted by Crippen LogP contribution is -2.60. The molecule has 1 unspecified atom stereocenters. The van der Waals surface area contributed by atoms with Crippen LogP contribution < -0.4 is 10.6 Å². The number of ether oxygens (including phenoxy) is 1. The average Bonchev–Trinajstić information content (AvgIpc) is 3.13. The molecule has 1 aliphatic heterocycles. The minimum Gasteiger partial charge on any atom is -0.552 e. The van der Waals surface area contributed by atoms with Crippen LogP contribution in [-0.2, 0) is 9.53 Å². The van der Waals surface area contributed by atoms with E-state index in [4.69, 9.17) is 9.72 Å². The molecular formula is C23H34N5O3PS. The number of carbonyl (C=O) groups is 1. The fourth-order valence-corrected chi connectivity index (χ4v) is 5.93. The summed E-state index contributed by atoms with van der Waals surface area (Å²) in [6.07, 6.45) is 2.93. The van der Waals surface area contributed by atoms with Gasteiger partial charge in [-0.15, -0.1) is 11.3 Å². The van der Waals surface area contributed by atoms with E-state index in [2.05, 4.69) is 52.3 Å². The summed E-state index contributed by atoms with van der Waals surface area (Å²) in [4.78, 5) is 22.6. The third-order valence-electron chi connectivity index (χ3n) is 5.77. The Labute approximate surface area is 202 Å². The number of nitrogens with zero attached hydrogens (tertiary/aromatic N) is 3. The summed E-state index contributed by atoms with van der Waals surface area (Å²) in [5.41, 5.74) is -0.197. The maximum Gasteiger partial charge on any atom is 0.303 e. The van der Waals surface area contributed by atoms with Gasteiger partial charge in [0.2, 0.25) is 11.5 Å². The summed E-state index contributed by atoms with van der Waals surface area (Å²) in [5.74, 6) is 0.140. The first kappa shape index (κ1) is 25.7. The Morgan fingerprint density at radius 1 is 1.30 bits per heavy atom. The fraction of sp³-hybridized carbons (Fsp3) is 0.609. The van der Waals surface area contributed by atoms with E-state index in [1.54, 1.807) is 20.0 Å². The standard InChI is InChI=1S/C23H34N5O3PS/c1-14(29)31-19(23(6,7)28(30)32)18-9-8-17(33-18)16-10-11-24-20(26-16)25-15-12-21(2,3)27-22(4,5)13-15/h8-11,15,19,27,32H,12-13H2,1-7H3,(H,24,25,26). The zero-order valence-electron chi connectivity index (χ0n) is 20.4. The van der Waals surface area contributed by atoms with Crippen molar-refractivity contribution in [3.8, 4) is 10.6 Å². The number of hydrogen-bond acceptors (Lipinski definition) is 8. The second kappa shape index (κ2) is 9.37. The molecule has 10 heteroatoms. The van der Waals surface area contributed by atoms with Gasteiger partial charge < -0.3 is 20.6 Å². The number of esters is 1. The van der Waals surface area contributed by atoms with E-state index < -0.39 is 17.6 Å². The van der Waals surface area contributed by atoms with Crippen LogP contribution in [0, 0.1) is 5.21 Å². The van der Waals surface area contributed by atoms with E-state index in [0.29, 0.717) is 10.4 Å². The molecule has 1 fully saturated rings. The normalized spacial score (nSPS) is 19.0. The maximum absolute atomic E-state index is 12.1. The van der Waals surface area contributed by atoms with Crippen molar-refractivity contribution in [2.45, 2.75) is 90.1 Å². The summed E-state index contributed by atoms with van der Waals surface area (Å²) in [6.45, 7) is 13.6. The molecular weight excluding hydrogens is 457 g/mol. The van der Waals surface area contributed by atoms with E-state index >= 15 is 0 Å². The minimum absolute atomic E-state index is 0.0168. The quantitative estimate of drug-likeness (QED) is 0.314. The van der Waals surface area contributed by atoms with Crippen LogP contribution in [0.4, 0.5) is 5.95 Å². The highest BCUT2D eigenvalue weighted by atomic mass is 32.1. The number of piperidine rings is 1. The highest BCUT2D eigenvalue weighted by molar-refractivity contribution is 7.15. The van der Waals surface area contributed by atoms with Gasteiger partial charge >= 0.3 is 5.97 Å². The van der Waals surface area contributed by atoms with Gasteiger partial charge in [0.05, 0.1) is 15.4 Å². The molecule has 1 atom stereocenters. The van der Waals surface area contributed by atoms with Crippen LogP contribution in [0.25, 0.3) is 10.6 Å². The predicted molar refractivity (Wildman–Crippen MR) is 134 cm³/mol. The van der Waals surface area contributed by atoms with Gasteiger partial charge in [0.15, 0.2) is 15.1 Å². The van der Waals surface area contributed by atoms with Gasteiger partial charge in [-0.05, 0) is 58.7 Å². The van der Waals surface area contributed by atoms with Gasteiger partial charge in [-0.2, -0.15) is 0 Å². The number of rotatable bonds is 7. The van der Waals surface area contributed by atoms with E-state index in [0.717, 1.165) is 28.3 Å². The molecule has 8 nitrogen and oxygen atoms in total. The number of thiophene rings is 1. The van der Waals surface area contributed by atoms with Crippen LogP contribution in [0.15, 0.2) is 24.4 Å². The number of hydroxylamine groups is 1. The molecule has 2 N–H and O–H groups in total. The number of aromatic nitrogens is 2. The average molecular weight is 492 g/mol. The molecule has 180 valence electrons. The minimum atomic E-state index is -1.00. The predicted octanol–water partition coefficient (Wildman–Crippen LogP) is 5.15. The molecule has 0 spiro atoms. The van der Waals surface area contributed by atoms with E-state index in [1.165, 1.54) is 18.3 Å². The van der Waals surface area contributed by atoms with Crippen molar-refractivity contribution in [1.82, 2.24) is 15.3 Å². The van der Waals surface area contributed by atoms with Crippen LogP contribution in [0.1, 0.15) is 72.3 Å². The molecule has 0 aromatic carbocycles. The third kappa shape index (κ3) is 6.35. The van der Waals surface area contributed by atoms with Crippen LogP contribution in [0.3, 0.4) is 0 Å². The summed E-state index contributed by atoms with van der Waals surface area (Å²) in [5, 5.41) is 19.3. The Morgan fingerprint density at radius 3 is 2.52 bits per heavy atom. The highest BCUT2D eigenvalue weighted by Crippen LogP contribution is 2.39. The zero-order chi connectivity index (χ0) is 24.6. The molecule has 0 saturated carbocycles. The summed E-state index contributed by atoms with van der Waals surface area (Å²) in [6, 6.07) is 5.91. The van der Waals surface area contributed by atoms with Crippen LogP contribution in [-0.4, -0.2) is 43.1 Å². The Kier molecular flexibility index (Phi) is 7.30. The van der Waals surface area contributed by atoms with Gasteiger partial charge in [-0.25, -0.2) is 14.5 Å². The molecule has 0 aliphatic carbocycles. The third-order valence-corrected chi connectivity index (χ3v) is 7.49. The van der Waals surface area contributed by atoms with Crippen molar-refractivity contribution >= 4 is 32.3 Å². The molecule has 2 aromatic heterocycles. The first-order chi connectivity index (χ1) is 15.2. The van der Waals surface area contributed by atoms with E-state index in [-0.39, 0.29) is 17.1 Å². The number of carbonyl (C=O) groups excluding carboxylic acids is 1. The SMILES string of the molecule is CC(=O)OC(c1ccc(-c2ccnc(NC3CC(C)(C)NC(C)(C)C3)n2)s1)C(C)(C)[N+]([O-])=P. The van der Waals surface area contributed by atoms with Crippen molar-refractivity contribution in [1.29, 1.82) is 0 Å². The molecule has 0 bridgehead atoms. The molecule has 33 heavy (non-hydrogen) atoms. The molecule has 3 heterocycles. The highest BCUT2D eigenvalue weighted by Gasteiger charge is 2.41. The van der Waals surface area contributed by atoms with Gasteiger partial charge in [-0.1, -0.05) is 0 Å². The second-order valence-electron chi connectivity index (χ2n) is 10.5. The Balaban J connectivity index is 1.84. The molecule has 0 radical (unpaired) electrons. The Bertz CT molecular complexity index is 1020. The van der Waals surface area contributed by atoms with Crippen LogP contribution >= 0.6 is 20.4 Å². The largest absolute Gasteiger partial charge is 0.552 e. The zero-order valence-corrected chi connectivity index (χ0v) is 22.2. The van der Waals surface area contributed by atoms with Crippen molar-refractivity contribution in [2.75, 3.05) is 5.32 Å². The van der Waals surface area contributed by atoms with Crippen molar-refractivity contribution in [2.24, 2.45) is 0 Å². The second-order valence-corrected chi connectivity index (χ2v) is 12.1. The Morgan fingerprint density at radius 2 is 1.94 bits per heavy atom. The number of anilines is 1. The van der Waals surface area contributed by atoms with Crippen LogP contribution in [0.5, 0.6) is 0 Å². The lowest BCUT2D eigenvalue weighted by atomic mass is 9.80. The van der Waals surface area contributed by atoms with Gasteiger partial charge in [0.25, 0.3) is 0 Å². The monoisotopic (exact) mass is 491 g/mol. The summed E-state index contributed by atoms with van der Waals surface area (Å²) in [7, 11) is 3.02. The molecule has 1 saturated heterocycles. The fourth-order valence-electron chi connectivity index (χ4n) is 4.63. The van der Waals surface area contributed by atoms with Crippen molar-refractivity contribution in [3.63, 3.8) is 0 Å². The van der Waals surface area contributed by atoms with Crippen molar-refractivity contribution < 1.29 is 14.0 Å². The smallest absolute Gasteiger partial charge is 0.303 e. The van der Waals surface area contributed by atoms with Gasteiger partial charge in [0.1, 0.15) is 0 Å². The number of hydrogen-bond donors (Lipinski definition) is 2. The summed E-state index contributed by atoms with van der Waals surface area (Å²) >= 11 is 1.44. The van der Waals surface area contributed by atoms with Gasteiger partial charge in [-0.3, -0.25) is 4.79 Å². The molecule has 2 aromatic rings. The first-order valence-corrected chi connectivity index (χ1v) is 12.3. The van der Waals surface area contributed by atoms with Gasteiger partial charge in [0, 0.05) is 44.1 Å². The van der Waals surface area contributed by atoms with E-state index in [1.807, 2.05) is 18.2 Å². The lowest BCUT2D eigenvalue weighted by molar-refractivity contribution is -0.531. The summed E-state index contributed by atoms with van der Waals surface area (Å²) < 4.78 is 6.16. The topological polar surface area (TPSA) is 102 Å². The molecule has 0 amide bonds. The lowest BCUT2D eigenvalue weighted by Gasteiger charge is -2.46. The van der Waals surface area contributed by atoms with Crippen molar-refractivity contribution in [3.05, 3.63) is 34.5 Å². The molecule has 3 rings (SSSR count). The molecule has 1 aliphatic rings. The first-order valence-electron chi connectivity index (χ1n) is 11.0. The van der Waals surface area contributed by atoms with Crippen LogP contribution in [0.2, 0.25) is 0 Å².